The van der Waals surface area contributed by atoms with Crippen LogP contribution in [-0.4, -0.2) is 42.9 Å². The molecule has 0 saturated carbocycles. The average Bonchev–Trinajstić information content (AvgIpc) is 2.46. The van der Waals surface area contributed by atoms with Crippen molar-refractivity contribution in [2.75, 3.05) is 25.5 Å². The molecule has 1 heterocycles. The Labute approximate surface area is 119 Å². The van der Waals surface area contributed by atoms with E-state index < -0.39 is 0 Å². The highest BCUT2D eigenvalue weighted by atomic mass is 16.2. The molecule has 20 heavy (non-hydrogen) atoms. The molecular formula is C15H21N3O2. The minimum absolute atomic E-state index is 0.00435. The van der Waals surface area contributed by atoms with E-state index in [2.05, 4.69) is 10.6 Å². The molecule has 0 bridgehead atoms. The van der Waals surface area contributed by atoms with Crippen molar-refractivity contribution in [1.82, 2.24) is 10.2 Å². The van der Waals surface area contributed by atoms with Gasteiger partial charge in [0.1, 0.15) is 0 Å². The second kappa shape index (κ2) is 6.41. The lowest BCUT2D eigenvalue weighted by Gasteiger charge is -2.32. The highest BCUT2D eigenvalue weighted by molar-refractivity contribution is 5.99. The number of piperidine rings is 1. The Kier molecular flexibility index (Phi) is 4.61. The Hall–Kier alpha value is -2.04. The molecular weight excluding hydrogens is 254 g/mol. The van der Waals surface area contributed by atoms with Crippen LogP contribution < -0.4 is 10.6 Å². The van der Waals surface area contributed by atoms with E-state index in [0.29, 0.717) is 18.7 Å². The van der Waals surface area contributed by atoms with Crippen LogP contribution in [0.5, 0.6) is 0 Å². The molecule has 0 aromatic heterocycles. The molecule has 0 radical (unpaired) electrons. The normalized spacial score (nSPS) is 15.8. The maximum atomic E-state index is 12.5. The van der Waals surface area contributed by atoms with E-state index in [1.54, 1.807) is 0 Å². The third kappa shape index (κ3) is 3.29. The van der Waals surface area contributed by atoms with E-state index in [0.717, 1.165) is 18.5 Å². The van der Waals surface area contributed by atoms with E-state index in [9.17, 15) is 9.59 Å². The Morgan fingerprint density at radius 2 is 1.85 bits per heavy atom. The summed E-state index contributed by atoms with van der Waals surface area (Å²) in [4.78, 5) is 25.4. The number of amides is 2. The van der Waals surface area contributed by atoms with Crippen LogP contribution in [0.2, 0.25) is 0 Å². The standard InChI is InChI=1S/C15H21N3O2/c1-11(19)17-12-7-9-18(10-8-12)15(20)13-5-3-4-6-14(13)16-2/h3-6,12,16H,7-10H2,1-2H3,(H,17,19). The van der Waals surface area contributed by atoms with Gasteiger partial charge in [-0.25, -0.2) is 0 Å². The van der Waals surface area contributed by atoms with Crippen molar-refractivity contribution in [2.45, 2.75) is 25.8 Å². The van der Waals surface area contributed by atoms with Gasteiger partial charge in [-0.3, -0.25) is 9.59 Å². The summed E-state index contributed by atoms with van der Waals surface area (Å²) in [6.07, 6.45) is 1.63. The lowest BCUT2D eigenvalue weighted by Crippen LogP contribution is -2.46. The quantitative estimate of drug-likeness (QED) is 0.878. The van der Waals surface area contributed by atoms with Crippen LogP contribution in [0.4, 0.5) is 5.69 Å². The molecule has 2 N–H and O–H groups in total. The summed E-state index contributed by atoms with van der Waals surface area (Å²) in [7, 11) is 1.81. The fourth-order valence-corrected chi connectivity index (χ4v) is 2.57. The molecule has 2 amide bonds. The second-order valence-corrected chi connectivity index (χ2v) is 5.06. The van der Waals surface area contributed by atoms with Gasteiger partial charge in [-0.15, -0.1) is 0 Å². The zero-order valence-electron chi connectivity index (χ0n) is 12.0. The summed E-state index contributed by atoms with van der Waals surface area (Å²) in [5.74, 6) is 0.0477. The number of nitrogens with zero attached hydrogens (tertiary/aromatic N) is 1. The van der Waals surface area contributed by atoms with Gasteiger partial charge in [0.2, 0.25) is 5.91 Å². The highest BCUT2D eigenvalue weighted by Crippen LogP contribution is 2.19. The average molecular weight is 275 g/mol. The van der Waals surface area contributed by atoms with Crippen molar-refractivity contribution in [1.29, 1.82) is 0 Å². The first-order chi connectivity index (χ1) is 9.61. The zero-order valence-corrected chi connectivity index (χ0v) is 12.0. The molecule has 5 heteroatoms. The van der Waals surface area contributed by atoms with E-state index in [1.165, 1.54) is 6.92 Å². The van der Waals surface area contributed by atoms with Crippen LogP contribution in [0.1, 0.15) is 30.1 Å². The molecule has 1 saturated heterocycles. The third-order valence-corrected chi connectivity index (χ3v) is 3.62. The first-order valence-corrected chi connectivity index (χ1v) is 6.95. The molecule has 1 aliphatic heterocycles. The number of carbonyl (C=O) groups is 2. The van der Waals surface area contributed by atoms with Crippen LogP contribution in [0.15, 0.2) is 24.3 Å². The van der Waals surface area contributed by atoms with Crippen molar-refractivity contribution >= 4 is 17.5 Å². The van der Waals surface area contributed by atoms with Gasteiger partial charge in [0.05, 0.1) is 5.56 Å². The first-order valence-electron chi connectivity index (χ1n) is 6.95. The van der Waals surface area contributed by atoms with E-state index in [1.807, 2.05) is 36.2 Å². The van der Waals surface area contributed by atoms with E-state index in [-0.39, 0.29) is 17.9 Å². The topological polar surface area (TPSA) is 61.4 Å². The number of rotatable bonds is 3. The van der Waals surface area contributed by atoms with Crippen molar-refractivity contribution in [2.24, 2.45) is 0 Å². The van der Waals surface area contributed by atoms with Gasteiger partial charge in [0.25, 0.3) is 5.91 Å². The second-order valence-electron chi connectivity index (χ2n) is 5.06. The van der Waals surface area contributed by atoms with Gasteiger partial charge in [-0.05, 0) is 25.0 Å². The summed E-state index contributed by atoms with van der Waals surface area (Å²) < 4.78 is 0. The lowest BCUT2D eigenvalue weighted by molar-refractivity contribution is -0.119. The maximum Gasteiger partial charge on any atom is 0.255 e. The Morgan fingerprint density at radius 3 is 2.45 bits per heavy atom. The smallest absolute Gasteiger partial charge is 0.255 e. The number of para-hydroxylation sites is 1. The molecule has 1 aromatic carbocycles. The lowest BCUT2D eigenvalue weighted by atomic mass is 10.0. The van der Waals surface area contributed by atoms with Gasteiger partial charge >= 0.3 is 0 Å². The molecule has 0 unspecified atom stereocenters. The zero-order chi connectivity index (χ0) is 14.5. The van der Waals surface area contributed by atoms with Crippen molar-refractivity contribution in [3.63, 3.8) is 0 Å². The predicted molar refractivity (Wildman–Crippen MR) is 78.7 cm³/mol. The number of hydrogen-bond acceptors (Lipinski definition) is 3. The molecule has 0 atom stereocenters. The van der Waals surface area contributed by atoms with Gasteiger partial charge < -0.3 is 15.5 Å². The minimum Gasteiger partial charge on any atom is -0.387 e. The van der Waals surface area contributed by atoms with Crippen LogP contribution >= 0.6 is 0 Å². The molecule has 0 spiro atoms. The largest absolute Gasteiger partial charge is 0.387 e. The number of anilines is 1. The fourth-order valence-electron chi connectivity index (χ4n) is 2.57. The highest BCUT2D eigenvalue weighted by Gasteiger charge is 2.24. The molecule has 1 aliphatic rings. The molecule has 108 valence electrons. The van der Waals surface area contributed by atoms with Crippen molar-refractivity contribution < 1.29 is 9.59 Å². The molecule has 2 rings (SSSR count). The Morgan fingerprint density at radius 1 is 1.20 bits per heavy atom. The van der Waals surface area contributed by atoms with Gasteiger partial charge in [-0.1, -0.05) is 12.1 Å². The number of benzene rings is 1. The van der Waals surface area contributed by atoms with Gasteiger partial charge in [0.15, 0.2) is 0 Å². The van der Waals surface area contributed by atoms with Crippen LogP contribution in [0.25, 0.3) is 0 Å². The molecule has 0 aliphatic carbocycles. The molecule has 5 nitrogen and oxygen atoms in total. The molecule has 1 aromatic rings. The van der Waals surface area contributed by atoms with E-state index >= 15 is 0 Å². The predicted octanol–water partition coefficient (Wildman–Crippen LogP) is 1.47. The van der Waals surface area contributed by atoms with Crippen molar-refractivity contribution in [3.8, 4) is 0 Å². The SMILES string of the molecule is CNc1ccccc1C(=O)N1CCC(NC(C)=O)CC1. The Balaban J connectivity index is 2.00. The summed E-state index contributed by atoms with van der Waals surface area (Å²) >= 11 is 0. The minimum atomic E-state index is -0.00435. The monoisotopic (exact) mass is 275 g/mol. The van der Waals surface area contributed by atoms with Gasteiger partial charge in [0, 0.05) is 38.8 Å². The van der Waals surface area contributed by atoms with Gasteiger partial charge in [-0.2, -0.15) is 0 Å². The summed E-state index contributed by atoms with van der Waals surface area (Å²) in [6, 6.07) is 7.71. The van der Waals surface area contributed by atoms with Crippen LogP contribution in [0.3, 0.4) is 0 Å². The number of likely N-dealkylation sites (tertiary alicyclic amines) is 1. The van der Waals surface area contributed by atoms with Crippen molar-refractivity contribution in [3.05, 3.63) is 29.8 Å². The van der Waals surface area contributed by atoms with Crippen LogP contribution in [-0.2, 0) is 4.79 Å². The van der Waals surface area contributed by atoms with Crippen LogP contribution in [0, 0.1) is 0 Å². The number of carbonyl (C=O) groups excluding carboxylic acids is 2. The first kappa shape index (κ1) is 14.4. The molecule has 1 fully saturated rings. The fraction of sp³-hybridized carbons (Fsp3) is 0.467. The summed E-state index contributed by atoms with van der Waals surface area (Å²) in [5, 5.41) is 5.96. The number of hydrogen-bond donors (Lipinski definition) is 2. The Bertz CT molecular complexity index is 494. The summed E-state index contributed by atoms with van der Waals surface area (Å²) in [6.45, 7) is 2.89. The third-order valence-electron chi connectivity index (χ3n) is 3.62. The maximum absolute atomic E-state index is 12.5. The van der Waals surface area contributed by atoms with E-state index in [4.69, 9.17) is 0 Å². The summed E-state index contributed by atoms with van der Waals surface area (Å²) in [5.41, 5.74) is 1.55. The number of nitrogens with one attached hydrogen (secondary N) is 2.